The van der Waals surface area contributed by atoms with E-state index < -0.39 is 0 Å². The Hall–Kier alpha value is -0.150. The Labute approximate surface area is 71.4 Å². The molecule has 0 unspecified atom stereocenters. The second-order valence-electron chi connectivity index (χ2n) is 1.69. The van der Waals surface area contributed by atoms with Crippen LogP contribution in [0.2, 0.25) is 0 Å². The Morgan fingerprint density at radius 2 is 2.40 bits per heavy atom. The molecule has 1 nitrogen and oxygen atoms in total. The molecule has 0 bridgehead atoms. The maximum atomic E-state index is 12.8. The van der Waals surface area contributed by atoms with E-state index in [2.05, 4.69) is 20.9 Å². The number of hydrogen-bond donors (Lipinski definition) is 0. The zero-order valence-electron chi connectivity index (χ0n) is 4.94. The highest BCUT2D eigenvalue weighted by molar-refractivity contribution is 9.10. The van der Waals surface area contributed by atoms with Crippen LogP contribution >= 0.6 is 27.5 Å². The average Bonchev–Trinajstić information content (AvgIpc) is 1.95. The van der Waals surface area contributed by atoms with Crippen LogP contribution in [-0.2, 0) is 5.88 Å². The van der Waals surface area contributed by atoms with Gasteiger partial charge in [-0.3, -0.25) is 4.98 Å². The van der Waals surface area contributed by atoms with Crippen molar-refractivity contribution in [3.05, 3.63) is 28.2 Å². The third-order valence-corrected chi connectivity index (χ3v) is 1.91. The highest BCUT2D eigenvalue weighted by atomic mass is 79.9. The number of pyridine rings is 1. The van der Waals surface area contributed by atoms with Gasteiger partial charge >= 0.3 is 0 Å². The smallest absolute Gasteiger partial charge is 0.160 e. The van der Waals surface area contributed by atoms with Crippen molar-refractivity contribution in [2.24, 2.45) is 0 Å². The van der Waals surface area contributed by atoms with Gasteiger partial charge in [0.2, 0.25) is 0 Å². The van der Waals surface area contributed by atoms with Gasteiger partial charge in [0, 0.05) is 6.20 Å². The highest BCUT2D eigenvalue weighted by Crippen LogP contribution is 2.17. The molecule has 0 radical (unpaired) electrons. The Morgan fingerprint density at radius 3 is 2.90 bits per heavy atom. The summed E-state index contributed by atoms with van der Waals surface area (Å²) in [6.07, 6.45) is 1.50. The molecule has 54 valence electrons. The van der Waals surface area contributed by atoms with E-state index in [1.807, 2.05) is 0 Å². The summed E-state index contributed by atoms with van der Waals surface area (Å²) in [5, 5.41) is 0. The number of alkyl halides is 1. The van der Waals surface area contributed by atoms with Crippen molar-refractivity contribution in [2.75, 3.05) is 0 Å². The van der Waals surface area contributed by atoms with Crippen LogP contribution in [0.5, 0.6) is 0 Å². The van der Waals surface area contributed by atoms with Gasteiger partial charge in [0.25, 0.3) is 0 Å². The third-order valence-electron chi connectivity index (χ3n) is 1.04. The van der Waals surface area contributed by atoms with Crippen molar-refractivity contribution in [2.45, 2.75) is 5.88 Å². The van der Waals surface area contributed by atoms with Gasteiger partial charge in [-0.05, 0) is 22.0 Å². The lowest BCUT2D eigenvalue weighted by Crippen LogP contribution is -1.90. The summed E-state index contributed by atoms with van der Waals surface area (Å²) in [5.41, 5.74) is 0.274. The zero-order valence-corrected chi connectivity index (χ0v) is 7.28. The van der Waals surface area contributed by atoms with Gasteiger partial charge in [-0.15, -0.1) is 11.6 Å². The fourth-order valence-corrected chi connectivity index (χ4v) is 1.09. The highest BCUT2D eigenvalue weighted by Gasteiger charge is 2.04. The van der Waals surface area contributed by atoms with Gasteiger partial charge in [0.15, 0.2) is 5.82 Å². The topological polar surface area (TPSA) is 12.9 Å². The van der Waals surface area contributed by atoms with Crippen LogP contribution in [0.4, 0.5) is 4.39 Å². The van der Waals surface area contributed by atoms with Crippen LogP contribution in [0.1, 0.15) is 5.69 Å². The quantitative estimate of drug-likeness (QED) is 0.669. The Kier molecular flexibility index (Phi) is 2.63. The SMILES string of the molecule is Fc1c(Br)ccnc1CCl. The monoisotopic (exact) mass is 223 g/mol. The van der Waals surface area contributed by atoms with E-state index in [0.717, 1.165) is 0 Å². The van der Waals surface area contributed by atoms with Crippen LogP contribution in [0.25, 0.3) is 0 Å². The van der Waals surface area contributed by atoms with E-state index >= 15 is 0 Å². The first kappa shape index (κ1) is 7.95. The Bertz CT molecular complexity index is 241. The number of nitrogens with zero attached hydrogens (tertiary/aromatic N) is 1. The van der Waals surface area contributed by atoms with Crippen LogP contribution in [-0.4, -0.2) is 4.98 Å². The number of aromatic nitrogens is 1. The maximum absolute atomic E-state index is 12.8. The van der Waals surface area contributed by atoms with Gasteiger partial charge in [0.05, 0.1) is 16.0 Å². The summed E-state index contributed by atoms with van der Waals surface area (Å²) in [6.45, 7) is 0. The molecule has 0 aliphatic heterocycles. The molecular weight excluding hydrogens is 220 g/mol. The number of hydrogen-bond acceptors (Lipinski definition) is 1. The lowest BCUT2D eigenvalue weighted by Gasteiger charge is -1.96. The minimum atomic E-state index is -0.377. The molecule has 0 atom stereocenters. The average molecular weight is 224 g/mol. The van der Waals surface area contributed by atoms with Crippen molar-refractivity contribution >= 4 is 27.5 Å². The van der Waals surface area contributed by atoms with E-state index in [9.17, 15) is 4.39 Å². The van der Waals surface area contributed by atoms with Crippen molar-refractivity contribution < 1.29 is 4.39 Å². The molecule has 0 amide bonds. The molecule has 0 saturated heterocycles. The molecule has 0 aromatic carbocycles. The number of rotatable bonds is 1. The molecule has 1 heterocycles. The van der Waals surface area contributed by atoms with Gasteiger partial charge in [-0.1, -0.05) is 0 Å². The summed E-state index contributed by atoms with van der Waals surface area (Å²) in [4.78, 5) is 3.72. The first-order chi connectivity index (χ1) is 4.75. The van der Waals surface area contributed by atoms with E-state index in [4.69, 9.17) is 11.6 Å². The zero-order chi connectivity index (χ0) is 7.56. The molecular formula is C6H4BrClFN. The van der Waals surface area contributed by atoms with E-state index in [1.54, 1.807) is 0 Å². The molecule has 0 aliphatic rings. The third kappa shape index (κ3) is 1.47. The lowest BCUT2D eigenvalue weighted by atomic mass is 10.4. The fourth-order valence-electron chi connectivity index (χ4n) is 0.554. The summed E-state index contributed by atoms with van der Waals surface area (Å²) in [6, 6.07) is 1.53. The van der Waals surface area contributed by atoms with Crippen LogP contribution in [0, 0.1) is 5.82 Å². The largest absolute Gasteiger partial charge is 0.257 e. The predicted molar refractivity (Wildman–Crippen MR) is 41.5 cm³/mol. The van der Waals surface area contributed by atoms with E-state index in [1.165, 1.54) is 12.3 Å². The van der Waals surface area contributed by atoms with Gasteiger partial charge in [-0.2, -0.15) is 0 Å². The number of halogens is 3. The first-order valence-corrected chi connectivity index (χ1v) is 3.93. The van der Waals surface area contributed by atoms with E-state index in [-0.39, 0.29) is 17.4 Å². The predicted octanol–water partition coefficient (Wildman–Crippen LogP) is 2.72. The second kappa shape index (κ2) is 3.30. The molecule has 4 heteroatoms. The summed E-state index contributed by atoms with van der Waals surface area (Å²) < 4.78 is 13.2. The standard InChI is InChI=1S/C6H4BrClFN/c7-4-1-2-10-5(3-8)6(4)9/h1-2H,3H2. The Balaban J connectivity index is 3.14. The van der Waals surface area contributed by atoms with Crippen molar-refractivity contribution in [1.82, 2.24) is 4.98 Å². The summed E-state index contributed by atoms with van der Waals surface area (Å²) in [5.74, 6) is -0.275. The van der Waals surface area contributed by atoms with Gasteiger partial charge in [-0.25, -0.2) is 4.39 Å². The molecule has 0 fully saturated rings. The molecule has 0 aliphatic carbocycles. The minimum absolute atomic E-state index is 0.102. The molecule has 1 aromatic rings. The maximum Gasteiger partial charge on any atom is 0.160 e. The molecule has 0 N–H and O–H groups in total. The molecule has 0 spiro atoms. The normalized spacial score (nSPS) is 9.90. The minimum Gasteiger partial charge on any atom is -0.257 e. The van der Waals surface area contributed by atoms with Gasteiger partial charge < -0.3 is 0 Å². The Morgan fingerprint density at radius 1 is 1.70 bits per heavy atom. The summed E-state index contributed by atoms with van der Waals surface area (Å²) >= 11 is 8.39. The van der Waals surface area contributed by atoms with Crippen molar-refractivity contribution in [1.29, 1.82) is 0 Å². The second-order valence-corrected chi connectivity index (χ2v) is 2.81. The van der Waals surface area contributed by atoms with Crippen molar-refractivity contribution in [3.63, 3.8) is 0 Å². The summed E-state index contributed by atoms with van der Waals surface area (Å²) in [7, 11) is 0. The molecule has 1 rings (SSSR count). The van der Waals surface area contributed by atoms with Crippen LogP contribution < -0.4 is 0 Å². The lowest BCUT2D eigenvalue weighted by molar-refractivity contribution is 0.601. The van der Waals surface area contributed by atoms with Crippen molar-refractivity contribution in [3.8, 4) is 0 Å². The molecule has 1 aromatic heterocycles. The first-order valence-electron chi connectivity index (χ1n) is 2.60. The van der Waals surface area contributed by atoms with E-state index in [0.29, 0.717) is 4.47 Å². The fraction of sp³-hybridized carbons (Fsp3) is 0.167. The van der Waals surface area contributed by atoms with Crippen LogP contribution in [0.15, 0.2) is 16.7 Å². The van der Waals surface area contributed by atoms with Gasteiger partial charge in [0.1, 0.15) is 0 Å². The molecule has 10 heavy (non-hydrogen) atoms. The van der Waals surface area contributed by atoms with Crippen LogP contribution in [0.3, 0.4) is 0 Å². The molecule has 0 saturated carbocycles.